The predicted octanol–water partition coefficient (Wildman–Crippen LogP) is -1.50. The fourth-order valence-corrected chi connectivity index (χ4v) is 0.467. The van der Waals surface area contributed by atoms with Gasteiger partial charge in [0, 0.05) is 6.54 Å². The summed E-state index contributed by atoms with van der Waals surface area (Å²) in [6.45, 7) is -0.107. The molecule has 0 aromatic carbocycles. The molecule has 0 spiro atoms. The molecule has 0 aromatic heterocycles. The average Bonchev–Trinajstić information content (AvgIpc) is 1.87. The van der Waals surface area contributed by atoms with Crippen LogP contribution in [0.15, 0.2) is 0 Å². The van der Waals surface area contributed by atoms with E-state index in [2.05, 4.69) is 5.32 Å². The Morgan fingerprint density at radius 2 is 1.80 bits per heavy atom. The maximum absolute atomic E-state index is 8.85. The van der Waals surface area contributed by atoms with Crippen molar-refractivity contribution in [3.05, 3.63) is 0 Å². The molecule has 10 heavy (non-hydrogen) atoms. The highest BCUT2D eigenvalue weighted by Crippen LogP contribution is 1.88. The molecule has 0 amide bonds. The van der Waals surface area contributed by atoms with Gasteiger partial charge in [-0.3, -0.25) is 0 Å². The quantitative estimate of drug-likeness (QED) is 0.461. The first-order valence-electron chi connectivity index (χ1n) is 2.84. The van der Waals surface area contributed by atoms with Gasteiger partial charge in [0.15, 0.2) is 0 Å². The molecule has 0 aliphatic heterocycles. The molecular formula is C5H14BrNO3. The Morgan fingerprint density at radius 1 is 1.30 bits per heavy atom. The van der Waals surface area contributed by atoms with E-state index in [0.717, 1.165) is 0 Å². The van der Waals surface area contributed by atoms with Gasteiger partial charge in [0.05, 0.1) is 12.7 Å². The van der Waals surface area contributed by atoms with E-state index in [1.54, 1.807) is 7.05 Å². The molecule has 0 aliphatic rings. The standard InChI is InChI=1S/C5H13NO3.BrH/c1-6-2-4(8)5(9)3-7;/h4-9H,2-3H2,1H3;1H/t4-,5+;/m1./s1. The fraction of sp³-hybridized carbons (Fsp3) is 1.00. The van der Waals surface area contributed by atoms with Crippen LogP contribution in [0.3, 0.4) is 0 Å². The molecule has 2 atom stereocenters. The van der Waals surface area contributed by atoms with Gasteiger partial charge in [0.1, 0.15) is 6.10 Å². The molecule has 0 aromatic rings. The number of aliphatic hydroxyl groups excluding tert-OH is 3. The van der Waals surface area contributed by atoms with E-state index in [0.29, 0.717) is 6.54 Å². The van der Waals surface area contributed by atoms with Crippen molar-refractivity contribution in [1.29, 1.82) is 0 Å². The van der Waals surface area contributed by atoms with Gasteiger partial charge in [-0.05, 0) is 7.05 Å². The second-order valence-electron chi connectivity index (χ2n) is 1.87. The molecule has 0 bridgehead atoms. The zero-order valence-electron chi connectivity index (χ0n) is 5.82. The van der Waals surface area contributed by atoms with Crippen LogP contribution in [0.1, 0.15) is 0 Å². The summed E-state index contributed by atoms with van der Waals surface area (Å²) in [6.07, 6.45) is -1.91. The predicted molar refractivity (Wildman–Crippen MR) is 43.3 cm³/mol. The van der Waals surface area contributed by atoms with Crippen molar-refractivity contribution < 1.29 is 15.3 Å². The molecule has 0 rings (SSSR count). The van der Waals surface area contributed by atoms with Gasteiger partial charge in [-0.15, -0.1) is 17.0 Å². The van der Waals surface area contributed by atoms with Crippen LogP contribution in [-0.4, -0.2) is 47.7 Å². The van der Waals surface area contributed by atoms with Crippen LogP contribution >= 0.6 is 17.0 Å². The Kier molecular flexibility index (Phi) is 9.62. The molecular weight excluding hydrogens is 202 g/mol. The van der Waals surface area contributed by atoms with E-state index in [9.17, 15) is 0 Å². The van der Waals surface area contributed by atoms with Crippen molar-refractivity contribution in [1.82, 2.24) is 5.32 Å². The summed E-state index contributed by atoms with van der Waals surface area (Å²) in [5, 5.41) is 28.5. The lowest BCUT2D eigenvalue weighted by Crippen LogP contribution is -2.36. The third kappa shape index (κ3) is 5.13. The molecule has 0 saturated carbocycles. The van der Waals surface area contributed by atoms with E-state index in [-0.39, 0.29) is 17.0 Å². The van der Waals surface area contributed by atoms with E-state index < -0.39 is 18.8 Å². The normalized spacial score (nSPS) is 15.6. The first-order chi connectivity index (χ1) is 4.22. The zero-order chi connectivity index (χ0) is 7.28. The third-order valence-electron chi connectivity index (χ3n) is 1.04. The highest BCUT2D eigenvalue weighted by atomic mass is 79.9. The minimum Gasteiger partial charge on any atom is -0.394 e. The van der Waals surface area contributed by atoms with Gasteiger partial charge in [-0.2, -0.15) is 0 Å². The molecule has 0 saturated heterocycles. The SMILES string of the molecule is Br.CNC[C@@H](O)[C@@H](O)CO. The van der Waals surface area contributed by atoms with Crippen LogP contribution in [0.25, 0.3) is 0 Å². The van der Waals surface area contributed by atoms with Gasteiger partial charge >= 0.3 is 0 Å². The molecule has 0 radical (unpaired) electrons. The smallest absolute Gasteiger partial charge is 0.104 e. The molecule has 0 heterocycles. The third-order valence-corrected chi connectivity index (χ3v) is 1.04. The summed E-state index contributed by atoms with van der Waals surface area (Å²) in [5.41, 5.74) is 0. The van der Waals surface area contributed by atoms with Crippen molar-refractivity contribution >= 4 is 17.0 Å². The lowest BCUT2D eigenvalue weighted by atomic mass is 10.2. The maximum Gasteiger partial charge on any atom is 0.104 e. The first kappa shape index (κ1) is 12.9. The minimum absolute atomic E-state index is 0. The van der Waals surface area contributed by atoms with E-state index in [4.69, 9.17) is 15.3 Å². The summed E-state index contributed by atoms with van der Waals surface area (Å²) in [7, 11) is 1.66. The molecule has 0 fully saturated rings. The van der Waals surface area contributed by atoms with E-state index in [1.165, 1.54) is 0 Å². The second kappa shape index (κ2) is 7.43. The highest BCUT2D eigenvalue weighted by Gasteiger charge is 2.12. The summed E-state index contributed by atoms with van der Waals surface area (Å²) in [5.74, 6) is 0. The Bertz CT molecular complexity index is 73.9. The van der Waals surface area contributed by atoms with Gasteiger partial charge in [-0.25, -0.2) is 0 Å². The highest BCUT2D eigenvalue weighted by molar-refractivity contribution is 8.93. The van der Waals surface area contributed by atoms with Gasteiger partial charge in [-0.1, -0.05) is 0 Å². The lowest BCUT2D eigenvalue weighted by molar-refractivity contribution is -0.0120. The Balaban J connectivity index is 0. The largest absolute Gasteiger partial charge is 0.394 e. The molecule has 0 aliphatic carbocycles. The topological polar surface area (TPSA) is 72.7 Å². The Labute approximate surface area is 70.6 Å². The van der Waals surface area contributed by atoms with E-state index >= 15 is 0 Å². The van der Waals surface area contributed by atoms with Crippen molar-refractivity contribution in [2.24, 2.45) is 0 Å². The lowest BCUT2D eigenvalue weighted by Gasteiger charge is -2.13. The summed E-state index contributed by atoms with van der Waals surface area (Å²) in [6, 6.07) is 0. The summed E-state index contributed by atoms with van der Waals surface area (Å²) < 4.78 is 0. The van der Waals surface area contributed by atoms with Gasteiger partial charge in [0.2, 0.25) is 0 Å². The Hall–Kier alpha value is 0.320. The van der Waals surface area contributed by atoms with Crippen molar-refractivity contribution in [3.63, 3.8) is 0 Å². The fourth-order valence-electron chi connectivity index (χ4n) is 0.467. The van der Waals surface area contributed by atoms with Crippen molar-refractivity contribution in [2.75, 3.05) is 20.2 Å². The first-order valence-corrected chi connectivity index (χ1v) is 2.84. The van der Waals surface area contributed by atoms with Crippen LogP contribution < -0.4 is 5.32 Å². The summed E-state index contributed by atoms with van der Waals surface area (Å²) in [4.78, 5) is 0. The van der Waals surface area contributed by atoms with Crippen LogP contribution in [0.5, 0.6) is 0 Å². The molecule has 4 nitrogen and oxygen atoms in total. The van der Waals surface area contributed by atoms with Gasteiger partial charge < -0.3 is 20.6 Å². The van der Waals surface area contributed by atoms with Crippen molar-refractivity contribution in [2.45, 2.75) is 12.2 Å². The molecule has 5 heteroatoms. The number of halogens is 1. The monoisotopic (exact) mass is 215 g/mol. The van der Waals surface area contributed by atoms with Crippen LogP contribution in [-0.2, 0) is 0 Å². The van der Waals surface area contributed by atoms with E-state index in [1.807, 2.05) is 0 Å². The average molecular weight is 216 g/mol. The molecule has 0 unspecified atom stereocenters. The second-order valence-corrected chi connectivity index (χ2v) is 1.87. The number of nitrogens with one attached hydrogen (secondary N) is 1. The number of likely N-dealkylation sites (N-methyl/N-ethyl adjacent to an activating group) is 1. The number of aliphatic hydroxyl groups is 3. The number of hydrogen-bond acceptors (Lipinski definition) is 4. The molecule has 64 valence electrons. The Morgan fingerprint density at radius 3 is 2.10 bits per heavy atom. The molecule has 4 N–H and O–H groups in total. The van der Waals surface area contributed by atoms with Crippen LogP contribution in [0, 0.1) is 0 Å². The summed E-state index contributed by atoms with van der Waals surface area (Å²) >= 11 is 0. The zero-order valence-corrected chi connectivity index (χ0v) is 7.53. The number of hydrogen-bond donors (Lipinski definition) is 4. The van der Waals surface area contributed by atoms with Crippen LogP contribution in [0.4, 0.5) is 0 Å². The maximum atomic E-state index is 8.85. The minimum atomic E-state index is -1.03. The van der Waals surface area contributed by atoms with Crippen molar-refractivity contribution in [3.8, 4) is 0 Å². The van der Waals surface area contributed by atoms with Gasteiger partial charge in [0.25, 0.3) is 0 Å². The number of rotatable bonds is 4. The van der Waals surface area contributed by atoms with Crippen LogP contribution in [0.2, 0.25) is 0 Å².